The molecule has 1 nitrogen and oxygen atoms in total. The van der Waals surface area contributed by atoms with Gasteiger partial charge in [-0.05, 0) is 37.1 Å². The first-order valence-corrected chi connectivity index (χ1v) is 7.91. The molecule has 0 amide bonds. The Morgan fingerprint density at radius 3 is 2.50 bits per heavy atom. The van der Waals surface area contributed by atoms with E-state index in [9.17, 15) is 4.79 Å². The third kappa shape index (κ3) is 3.87. The SMILES string of the molecule is CCc1ccc(C(=O)C(C)Sc2cccc(Cl)c2)cc1. The van der Waals surface area contributed by atoms with Crippen molar-refractivity contribution < 1.29 is 4.79 Å². The van der Waals surface area contributed by atoms with Crippen LogP contribution in [0, 0.1) is 0 Å². The Bertz CT molecular complexity index is 592. The molecular formula is C17H17ClOS. The molecule has 0 aliphatic heterocycles. The number of benzene rings is 2. The largest absolute Gasteiger partial charge is 0.293 e. The standard InChI is InChI=1S/C17H17ClOS/c1-3-13-7-9-14(10-8-13)17(19)12(2)20-16-6-4-5-15(18)11-16/h4-12H,3H2,1-2H3. The van der Waals surface area contributed by atoms with Gasteiger partial charge in [0.05, 0.1) is 5.25 Å². The number of thioether (sulfide) groups is 1. The number of carbonyl (C=O) groups is 1. The van der Waals surface area contributed by atoms with Gasteiger partial charge in [0.1, 0.15) is 0 Å². The highest BCUT2D eigenvalue weighted by Gasteiger charge is 2.16. The number of Topliss-reactive ketones (excluding diaryl/α,β-unsaturated/α-hetero) is 1. The Kier molecular flexibility index (Phi) is 5.27. The number of hydrogen-bond acceptors (Lipinski definition) is 2. The second-order valence-corrected chi connectivity index (χ2v) is 6.48. The van der Waals surface area contributed by atoms with Crippen LogP contribution < -0.4 is 0 Å². The summed E-state index contributed by atoms with van der Waals surface area (Å²) in [4.78, 5) is 13.4. The van der Waals surface area contributed by atoms with Crippen molar-refractivity contribution in [2.24, 2.45) is 0 Å². The van der Waals surface area contributed by atoms with E-state index < -0.39 is 0 Å². The maximum absolute atomic E-state index is 12.4. The lowest BCUT2D eigenvalue weighted by atomic mass is 10.1. The maximum atomic E-state index is 12.4. The van der Waals surface area contributed by atoms with Crippen molar-refractivity contribution in [2.75, 3.05) is 0 Å². The van der Waals surface area contributed by atoms with Crippen LogP contribution >= 0.6 is 23.4 Å². The van der Waals surface area contributed by atoms with E-state index in [2.05, 4.69) is 6.92 Å². The van der Waals surface area contributed by atoms with E-state index in [0.717, 1.165) is 16.9 Å². The quantitative estimate of drug-likeness (QED) is 0.553. The van der Waals surface area contributed by atoms with Crippen LogP contribution in [0.15, 0.2) is 53.4 Å². The molecule has 1 unspecified atom stereocenters. The topological polar surface area (TPSA) is 17.1 Å². The molecule has 0 saturated heterocycles. The molecule has 0 heterocycles. The van der Waals surface area contributed by atoms with Crippen molar-refractivity contribution in [1.82, 2.24) is 0 Å². The van der Waals surface area contributed by atoms with Gasteiger partial charge >= 0.3 is 0 Å². The molecule has 0 aromatic heterocycles. The summed E-state index contributed by atoms with van der Waals surface area (Å²) in [6, 6.07) is 15.5. The van der Waals surface area contributed by atoms with Crippen LogP contribution in [0.4, 0.5) is 0 Å². The van der Waals surface area contributed by atoms with Gasteiger partial charge in [-0.15, -0.1) is 11.8 Å². The van der Waals surface area contributed by atoms with Gasteiger partial charge in [-0.25, -0.2) is 0 Å². The molecule has 3 heteroatoms. The molecule has 2 aromatic rings. The lowest BCUT2D eigenvalue weighted by molar-refractivity contribution is 0.0994. The highest BCUT2D eigenvalue weighted by atomic mass is 35.5. The summed E-state index contributed by atoms with van der Waals surface area (Å²) < 4.78 is 0. The first-order valence-electron chi connectivity index (χ1n) is 6.65. The number of halogens is 1. The number of rotatable bonds is 5. The highest BCUT2D eigenvalue weighted by molar-refractivity contribution is 8.00. The number of carbonyl (C=O) groups excluding carboxylic acids is 1. The third-order valence-corrected chi connectivity index (χ3v) is 4.45. The summed E-state index contributed by atoms with van der Waals surface area (Å²) >= 11 is 7.50. The molecule has 0 N–H and O–H groups in total. The van der Waals surface area contributed by atoms with Gasteiger partial charge in [0.2, 0.25) is 0 Å². The second-order valence-electron chi connectivity index (χ2n) is 4.63. The van der Waals surface area contributed by atoms with Crippen LogP contribution in [0.1, 0.15) is 29.8 Å². The van der Waals surface area contributed by atoms with Crippen LogP contribution in [0.5, 0.6) is 0 Å². The Hall–Kier alpha value is -1.25. The lowest BCUT2D eigenvalue weighted by Gasteiger charge is -2.11. The van der Waals surface area contributed by atoms with Crippen LogP contribution in [-0.2, 0) is 6.42 Å². The van der Waals surface area contributed by atoms with Crippen molar-refractivity contribution in [3.05, 3.63) is 64.7 Å². The smallest absolute Gasteiger partial charge is 0.175 e. The molecular weight excluding hydrogens is 288 g/mol. The van der Waals surface area contributed by atoms with E-state index in [0.29, 0.717) is 5.02 Å². The summed E-state index contributed by atoms with van der Waals surface area (Å²) in [6.07, 6.45) is 0.987. The molecule has 2 rings (SSSR count). The first-order chi connectivity index (χ1) is 9.60. The predicted octanol–water partition coefficient (Wildman–Crippen LogP) is 5.27. The lowest BCUT2D eigenvalue weighted by Crippen LogP contribution is -2.13. The molecule has 0 saturated carbocycles. The number of ketones is 1. The first kappa shape index (κ1) is 15.1. The normalized spacial score (nSPS) is 12.2. The highest BCUT2D eigenvalue weighted by Crippen LogP contribution is 2.27. The fourth-order valence-corrected chi connectivity index (χ4v) is 3.20. The van der Waals surface area contributed by atoms with E-state index >= 15 is 0 Å². The van der Waals surface area contributed by atoms with Crippen molar-refractivity contribution in [3.8, 4) is 0 Å². The molecule has 104 valence electrons. The Morgan fingerprint density at radius 2 is 1.90 bits per heavy atom. The number of hydrogen-bond donors (Lipinski definition) is 0. The van der Waals surface area contributed by atoms with E-state index in [1.54, 1.807) is 0 Å². The molecule has 0 radical (unpaired) electrons. The van der Waals surface area contributed by atoms with Gasteiger partial charge in [0.25, 0.3) is 0 Å². The van der Waals surface area contributed by atoms with E-state index in [4.69, 9.17) is 11.6 Å². The van der Waals surface area contributed by atoms with Crippen LogP contribution in [0.3, 0.4) is 0 Å². The minimum absolute atomic E-state index is 0.124. The zero-order chi connectivity index (χ0) is 14.5. The average molecular weight is 305 g/mol. The molecule has 2 aromatic carbocycles. The van der Waals surface area contributed by atoms with Crippen molar-refractivity contribution >= 4 is 29.1 Å². The summed E-state index contributed by atoms with van der Waals surface area (Å²) in [6.45, 7) is 4.04. The third-order valence-electron chi connectivity index (χ3n) is 3.12. The zero-order valence-electron chi connectivity index (χ0n) is 11.6. The summed E-state index contributed by atoms with van der Waals surface area (Å²) in [5.74, 6) is 0.151. The van der Waals surface area contributed by atoms with Crippen LogP contribution in [0.25, 0.3) is 0 Å². The predicted molar refractivity (Wildman–Crippen MR) is 86.9 cm³/mol. The van der Waals surface area contributed by atoms with Gasteiger partial charge in [0, 0.05) is 15.5 Å². The van der Waals surface area contributed by atoms with Crippen molar-refractivity contribution in [3.63, 3.8) is 0 Å². The molecule has 1 atom stereocenters. The zero-order valence-corrected chi connectivity index (χ0v) is 13.2. The molecule has 0 spiro atoms. The molecule has 20 heavy (non-hydrogen) atoms. The Morgan fingerprint density at radius 1 is 1.20 bits per heavy atom. The van der Waals surface area contributed by atoms with Crippen LogP contribution in [-0.4, -0.2) is 11.0 Å². The van der Waals surface area contributed by atoms with Gasteiger partial charge in [-0.1, -0.05) is 48.9 Å². The molecule has 0 aliphatic carbocycles. The van der Waals surface area contributed by atoms with E-state index in [-0.39, 0.29) is 11.0 Å². The Labute approximate surface area is 129 Å². The van der Waals surface area contributed by atoms with Gasteiger partial charge in [-0.3, -0.25) is 4.79 Å². The minimum atomic E-state index is -0.124. The second kappa shape index (κ2) is 6.96. The van der Waals surface area contributed by atoms with Gasteiger partial charge in [0.15, 0.2) is 5.78 Å². The summed E-state index contributed by atoms with van der Waals surface area (Å²) in [5, 5.41) is 0.572. The minimum Gasteiger partial charge on any atom is -0.293 e. The van der Waals surface area contributed by atoms with E-state index in [1.165, 1.54) is 17.3 Å². The molecule has 0 aliphatic rings. The summed E-state index contributed by atoms with van der Waals surface area (Å²) in [7, 11) is 0. The Balaban J connectivity index is 2.07. The van der Waals surface area contributed by atoms with E-state index in [1.807, 2.05) is 55.5 Å². The average Bonchev–Trinajstić information content (AvgIpc) is 2.46. The fraction of sp³-hybridized carbons (Fsp3) is 0.235. The molecule has 0 fully saturated rings. The monoisotopic (exact) mass is 304 g/mol. The fourth-order valence-electron chi connectivity index (χ4n) is 1.94. The molecule has 0 bridgehead atoms. The van der Waals surface area contributed by atoms with Crippen LogP contribution in [0.2, 0.25) is 5.02 Å². The van der Waals surface area contributed by atoms with Gasteiger partial charge < -0.3 is 0 Å². The van der Waals surface area contributed by atoms with Crippen molar-refractivity contribution in [2.45, 2.75) is 30.4 Å². The van der Waals surface area contributed by atoms with Crippen molar-refractivity contribution in [1.29, 1.82) is 0 Å². The number of aryl methyl sites for hydroxylation is 1. The van der Waals surface area contributed by atoms with Gasteiger partial charge in [-0.2, -0.15) is 0 Å². The summed E-state index contributed by atoms with van der Waals surface area (Å²) in [5.41, 5.74) is 2.01. The maximum Gasteiger partial charge on any atom is 0.175 e.